The second-order valence-corrected chi connectivity index (χ2v) is 5.86. The first-order chi connectivity index (χ1) is 11.6. The van der Waals surface area contributed by atoms with Gasteiger partial charge in [0.15, 0.2) is 0 Å². The zero-order valence-electron chi connectivity index (χ0n) is 13.3. The molecule has 0 saturated heterocycles. The van der Waals surface area contributed by atoms with Crippen molar-refractivity contribution in [3.8, 4) is 6.07 Å². The van der Waals surface area contributed by atoms with Gasteiger partial charge in [-0.3, -0.25) is 9.59 Å². The Morgan fingerprint density at radius 1 is 1.25 bits per heavy atom. The normalized spacial score (nSPS) is 15.5. The van der Waals surface area contributed by atoms with Crippen molar-refractivity contribution in [3.63, 3.8) is 0 Å². The Labute approximate surface area is 140 Å². The quantitative estimate of drug-likeness (QED) is 0.884. The van der Waals surface area contributed by atoms with E-state index >= 15 is 0 Å². The number of hydrogen-bond acceptors (Lipinski definition) is 3. The SMILES string of the molecule is CC1Cc2ccccc2N1C(=O)CC(=O)Nc1cccc(C#N)c1. The lowest BCUT2D eigenvalue weighted by Crippen LogP contribution is -2.37. The summed E-state index contributed by atoms with van der Waals surface area (Å²) in [5, 5.41) is 11.6. The van der Waals surface area contributed by atoms with Crippen LogP contribution in [0.3, 0.4) is 0 Å². The molecule has 2 aromatic carbocycles. The molecule has 1 heterocycles. The molecule has 0 fully saturated rings. The molecule has 0 saturated carbocycles. The van der Waals surface area contributed by atoms with Gasteiger partial charge in [-0.25, -0.2) is 0 Å². The Balaban J connectivity index is 1.69. The summed E-state index contributed by atoms with van der Waals surface area (Å²) in [4.78, 5) is 26.4. The molecule has 1 N–H and O–H groups in total. The highest BCUT2D eigenvalue weighted by Crippen LogP contribution is 2.32. The zero-order valence-corrected chi connectivity index (χ0v) is 13.3. The van der Waals surface area contributed by atoms with E-state index in [1.807, 2.05) is 37.3 Å². The van der Waals surface area contributed by atoms with Crippen molar-refractivity contribution in [2.75, 3.05) is 10.2 Å². The third-order valence-electron chi connectivity index (χ3n) is 4.06. The summed E-state index contributed by atoms with van der Waals surface area (Å²) in [6.07, 6.45) is 0.573. The van der Waals surface area contributed by atoms with E-state index < -0.39 is 0 Å². The number of fused-ring (bicyclic) bond motifs is 1. The van der Waals surface area contributed by atoms with Gasteiger partial charge in [-0.15, -0.1) is 0 Å². The van der Waals surface area contributed by atoms with Crippen LogP contribution in [0.15, 0.2) is 48.5 Å². The minimum absolute atomic E-state index is 0.0459. The van der Waals surface area contributed by atoms with E-state index in [9.17, 15) is 9.59 Å². The highest BCUT2D eigenvalue weighted by molar-refractivity contribution is 6.10. The molecule has 2 amide bonds. The first kappa shape index (κ1) is 15.8. The minimum atomic E-state index is -0.383. The van der Waals surface area contributed by atoms with Gasteiger partial charge in [-0.1, -0.05) is 24.3 Å². The van der Waals surface area contributed by atoms with E-state index in [-0.39, 0.29) is 24.3 Å². The van der Waals surface area contributed by atoms with Crippen molar-refractivity contribution in [2.45, 2.75) is 25.8 Å². The largest absolute Gasteiger partial charge is 0.326 e. The number of nitrogens with one attached hydrogen (secondary N) is 1. The predicted molar refractivity (Wildman–Crippen MR) is 91.5 cm³/mol. The fraction of sp³-hybridized carbons (Fsp3) is 0.211. The van der Waals surface area contributed by atoms with Crippen LogP contribution in [0.1, 0.15) is 24.5 Å². The van der Waals surface area contributed by atoms with Crippen molar-refractivity contribution in [3.05, 3.63) is 59.7 Å². The number of para-hydroxylation sites is 1. The van der Waals surface area contributed by atoms with Crippen LogP contribution in [0.2, 0.25) is 0 Å². The Kier molecular flexibility index (Phi) is 4.30. The first-order valence-corrected chi connectivity index (χ1v) is 7.78. The molecular weight excluding hydrogens is 302 g/mol. The summed E-state index contributed by atoms with van der Waals surface area (Å²) in [6.45, 7) is 1.98. The van der Waals surface area contributed by atoms with E-state index in [4.69, 9.17) is 5.26 Å². The van der Waals surface area contributed by atoms with Crippen molar-refractivity contribution in [2.24, 2.45) is 0 Å². The molecule has 0 radical (unpaired) electrons. The third-order valence-corrected chi connectivity index (χ3v) is 4.06. The van der Waals surface area contributed by atoms with Crippen LogP contribution in [-0.2, 0) is 16.0 Å². The van der Waals surface area contributed by atoms with Crippen LogP contribution in [-0.4, -0.2) is 17.9 Å². The molecule has 24 heavy (non-hydrogen) atoms. The summed E-state index contributed by atoms with van der Waals surface area (Å²) in [5.41, 5.74) is 2.98. The second kappa shape index (κ2) is 6.55. The Morgan fingerprint density at radius 2 is 2.04 bits per heavy atom. The van der Waals surface area contributed by atoms with Crippen LogP contribution in [0.4, 0.5) is 11.4 Å². The number of rotatable bonds is 3. The average Bonchev–Trinajstić information content (AvgIpc) is 2.90. The van der Waals surface area contributed by atoms with Crippen LogP contribution < -0.4 is 10.2 Å². The van der Waals surface area contributed by atoms with Gasteiger partial charge >= 0.3 is 0 Å². The van der Waals surface area contributed by atoms with E-state index in [2.05, 4.69) is 5.32 Å². The second-order valence-electron chi connectivity index (χ2n) is 5.86. The van der Waals surface area contributed by atoms with Gasteiger partial charge in [-0.05, 0) is 43.2 Å². The number of anilines is 2. The van der Waals surface area contributed by atoms with Gasteiger partial charge in [0.1, 0.15) is 6.42 Å². The standard InChI is InChI=1S/C19H17N3O2/c1-13-9-15-6-2-3-8-17(15)22(13)19(24)11-18(23)21-16-7-4-5-14(10-16)12-20/h2-8,10,13H,9,11H2,1H3,(H,21,23). The monoisotopic (exact) mass is 319 g/mol. The van der Waals surface area contributed by atoms with Crippen molar-refractivity contribution in [1.82, 2.24) is 0 Å². The van der Waals surface area contributed by atoms with Gasteiger partial charge in [0.25, 0.3) is 0 Å². The maximum atomic E-state index is 12.6. The van der Waals surface area contributed by atoms with Gasteiger partial charge in [0, 0.05) is 17.4 Å². The maximum Gasteiger partial charge on any atom is 0.236 e. The van der Waals surface area contributed by atoms with Gasteiger partial charge in [0.2, 0.25) is 11.8 Å². The highest BCUT2D eigenvalue weighted by Gasteiger charge is 2.31. The van der Waals surface area contributed by atoms with E-state index in [1.165, 1.54) is 0 Å². The molecular formula is C19H17N3O2. The number of nitrogens with zero attached hydrogens (tertiary/aromatic N) is 2. The highest BCUT2D eigenvalue weighted by atomic mass is 16.2. The van der Waals surface area contributed by atoms with Crippen LogP contribution in [0.5, 0.6) is 0 Å². The van der Waals surface area contributed by atoms with Crippen LogP contribution >= 0.6 is 0 Å². The van der Waals surface area contributed by atoms with Crippen LogP contribution in [0.25, 0.3) is 0 Å². The van der Waals surface area contributed by atoms with Gasteiger partial charge < -0.3 is 10.2 Å². The summed E-state index contributed by atoms with van der Waals surface area (Å²) in [6, 6.07) is 16.4. The molecule has 3 rings (SSSR count). The molecule has 1 unspecified atom stereocenters. The minimum Gasteiger partial charge on any atom is -0.326 e. The first-order valence-electron chi connectivity index (χ1n) is 7.78. The fourth-order valence-corrected chi connectivity index (χ4v) is 3.04. The number of benzene rings is 2. The molecule has 1 aliphatic rings. The van der Waals surface area contributed by atoms with Crippen LogP contribution in [0, 0.1) is 11.3 Å². The smallest absolute Gasteiger partial charge is 0.236 e. The predicted octanol–water partition coefficient (Wildman–Crippen LogP) is 2.86. The number of carbonyl (C=O) groups excluding carboxylic acids is 2. The lowest BCUT2D eigenvalue weighted by Gasteiger charge is -2.22. The summed E-state index contributed by atoms with van der Waals surface area (Å²) >= 11 is 0. The molecule has 5 nitrogen and oxygen atoms in total. The maximum absolute atomic E-state index is 12.6. The van der Waals surface area contributed by atoms with Gasteiger partial charge in [0.05, 0.1) is 11.6 Å². The molecule has 0 aliphatic carbocycles. The molecule has 0 spiro atoms. The van der Waals surface area contributed by atoms with Crippen molar-refractivity contribution < 1.29 is 9.59 Å². The molecule has 2 aromatic rings. The molecule has 5 heteroatoms. The number of hydrogen-bond donors (Lipinski definition) is 1. The lowest BCUT2D eigenvalue weighted by atomic mass is 10.1. The number of carbonyl (C=O) groups is 2. The topological polar surface area (TPSA) is 73.2 Å². The molecule has 1 aliphatic heterocycles. The third kappa shape index (κ3) is 3.13. The Bertz CT molecular complexity index is 839. The zero-order chi connectivity index (χ0) is 17.1. The van der Waals surface area contributed by atoms with E-state index in [0.29, 0.717) is 11.3 Å². The molecule has 1 atom stereocenters. The molecule has 0 bridgehead atoms. The lowest BCUT2D eigenvalue weighted by molar-refractivity contribution is -0.125. The van der Waals surface area contributed by atoms with Crippen molar-refractivity contribution >= 4 is 23.2 Å². The average molecular weight is 319 g/mol. The summed E-state index contributed by atoms with van der Waals surface area (Å²) in [5.74, 6) is -0.604. The fourth-order valence-electron chi connectivity index (χ4n) is 3.04. The molecule has 120 valence electrons. The molecule has 0 aromatic heterocycles. The Hall–Kier alpha value is -3.13. The number of amides is 2. The van der Waals surface area contributed by atoms with E-state index in [1.54, 1.807) is 29.2 Å². The van der Waals surface area contributed by atoms with E-state index in [0.717, 1.165) is 17.7 Å². The summed E-state index contributed by atoms with van der Waals surface area (Å²) < 4.78 is 0. The number of nitriles is 1. The van der Waals surface area contributed by atoms with Gasteiger partial charge in [-0.2, -0.15) is 5.26 Å². The Morgan fingerprint density at radius 3 is 2.83 bits per heavy atom. The van der Waals surface area contributed by atoms with Crippen molar-refractivity contribution in [1.29, 1.82) is 5.26 Å². The summed E-state index contributed by atoms with van der Waals surface area (Å²) in [7, 11) is 0.